The minimum atomic E-state index is -0.360. The molecule has 0 aliphatic heterocycles. The van der Waals surface area contributed by atoms with E-state index in [0.717, 1.165) is 16.7 Å². The molecule has 23 heavy (non-hydrogen) atoms. The molecule has 2 aromatic rings. The molecule has 0 heterocycles. The first-order valence-electron chi connectivity index (χ1n) is 7.58. The van der Waals surface area contributed by atoms with E-state index in [9.17, 15) is 9.59 Å². The predicted molar refractivity (Wildman–Crippen MR) is 89.7 cm³/mol. The second kappa shape index (κ2) is 7.58. The first-order valence-corrected chi connectivity index (χ1v) is 7.58. The van der Waals surface area contributed by atoms with Crippen LogP contribution in [-0.4, -0.2) is 18.4 Å². The first-order chi connectivity index (χ1) is 11.0. The highest BCUT2D eigenvalue weighted by molar-refractivity contribution is 5.94. The summed E-state index contributed by atoms with van der Waals surface area (Å²) in [6, 6.07) is 13.0. The van der Waals surface area contributed by atoms with Crippen molar-refractivity contribution in [1.82, 2.24) is 5.32 Å². The number of hydrogen-bond acceptors (Lipinski definition) is 3. The Morgan fingerprint density at radius 3 is 2.43 bits per heavy atom. The third-order valence-electron chi connectivity index (χ3n) is 3.45. The summed E-state index contributed by atoms with van der Waals surface area (Å²) in [6.45, 7) is 6.06. The third kappa shape index (κ3) is 4.95. The lowest BCUT2D eigenvalue weighted by Crippen LogP contribution is -2.27. The maximum absolute atomic E-state index is 12.0. The van der Waals surface area contributed by atoms with E-state index >= 15 is 0 Å². The highest BCUT2D eigenvalue weighted by Gasteiger charge is 2.09. The van der Waals surface area contributed by atoms with Gasteiger partial charge in [-0.3, -0.25) is 9.59 Å². The van der Waals surface area contributed by atoms with E-state index < -0.39 is 0 Å². The van der Waals surface area contributed by atoms with Crippen LogP contribution in [-0.2, 0) is 4.79 Å². The second-order valence-electron chi connectivity index (χ2n) is 5.62. The number of esters is 1. The van der Waals surface area contributed by atoms with Gasteiger partial charge in [-0.25, -0.2) is 0 Å². The molecule has 0 saturated heterocycles. The molecule has 0 unspecified atom stereocenters. The van der Waals surface area contributed by atoms with E-state index in [-0.39, 0.29) is 24.8 Å². The number of rotatable bonds is 5. The molecule has 0 aliphatic carbocycles. The van der Waals surface area contributed by atoms with Crippen LogP contribution in [0.5, 0.6) is 5.75 Å². The summed E-state index contributed by atoms with van der Waals surface area (Å²) in [5.41, 5.74) is 3.65. The lowest BCUT2D eigenvalue weighted by atomic mass is 10.1. The molecule has 120 valence electrons. The smallest absolute Gasteiger partial charge is 0.312 e. The van der Waals surface area contributed by atoms with Crippen LogP contribution in [0, 0.1) is 20.8 Å². The van der Waals surface area contributed by atoms with Crippen molar-refractivity contribution in [3.05, 3.63) is 64.7 Å². The Bertz CT molecular complexity index is 722. The van der Waals surface area contributed by atoms with Crippen molar-refractivity contribution in [3.8, 4) is 5.75 Å². The Labute approximate surface area is 136 Å². The molecular formula is C19H21NO3. The van der Waals surface area contributed by atoms with Crippen LogP contribution in [0.2, 0.25) is 0 Å². The standard InChI is InChI=1S/C19H21NO3/c1-13-5-4-6-16(12-13)19(22)20-10-9-18(21)23-17-8-7-14(2)11-15(17)3/h4-8,11-12H,9-10H2,1-3H3,(H,20,22). The zero-order valence-corrected chi connectivity index (χ0v) is 13.7. The van der Waals surface area contributed by atoms with Crippen LogP contribution in [0.25, 0.3) is 0 Å². The Kier molecular flexibility index (Phi) is 5.52. The molecule has 0 radical (unpaired) electrons. The maximum Gasteiger partial charge on any atom is 0.312 e. The molecule has 0 spiro atoms. The Balaban J connectivity index is 1.81. The highest BCUT2D eigenvalue weighted by Crippen LogP contribution is 2.19. The normalized spacial score (nSPS) is 10.2. The van der Waals surface area contributed by atoms with Crippen molar-refractivity contribution < 1.29 is 14.3 Å². The number of amides is 1. The minimum absolute atomic E-state index is 0.130. The van der Waals surface area contributed by atoms with Crippen LogP contribution in [0.1, 0.15) is 33.5 Å². The molecule has 0 saturated carbocycles. The largest absolute Gasteiger partial charge is 0.426 e. The van der Waals surface area contributed by atoms with Crippen LogP contribution in [0.3, 0.4) is 0 Å². The van der Waals surface area contributed by atoms with Crippen molar-refractivity contribution in [1.29, 1.82) is 0 Å². The maximum atomic E-state index is 12.0. The minimum Gasteiger partial charge on any atom is -0.426 e. The van der Waals surface area contributed by atoms with Crippen molar-refractivity contribution in [3.63, 3.8) is 0 Å². The van der Waals surface area contributed by atoms with E-state index in [1.165, 1.54) is 0 Å². The predicted octanol–water partition coefficient (Wildman–Crippen LogP) is 3.34. The Morgan fingerprint density at radius 1 is 1.00 bits per heavy atom. The van der Waals surface area contributed by atoms with E-state index in [4.69, 9.17) is 4.74 Å². The fourth-order valence-corrected chi connectivity index (χ4v) is 2.25. The molecule has 4 nitrogen and oxygen atoms in total. The third-order valence-corrected chi connectivity index (χ3v) is 3.45. The van der Waals surface area contributed by atoms with Gasteiger partial charge in [0, 0.05) is 12.1 Å². The van der Waals surface area contributed by atoms with Gasteiger partial charge in [-0.15, -0.1) is 0 Å². The molecule has 0 aromatic heterocycles. The number of benzene rings is 2. The van der Waals surface area contributed by atoms with Gasteiger partial charge in [0.15, 0.2) is 0 Å². The summed E-state index contributed by atoms with van der Waals surface area (Å²) in [7, 11) is 0. The topological polar surface area (TPSA) is 55.4 Å². The van der Waals surface area contributed by atoms with E-state index in [1.807, 2.05) is 51.1 Å². The molecule has 0 aliphatic rings. The van der Waals surface area contributed by atoms with Crippen LogP contribution in [0.15, 0.2) is 42.5 Å². The van der Waals surface area contributed by atoms with Gasteiger partial charge in [0.05, 0.1) is 6.42 Å². The average Bonchev–Trinajstić information content (AvgIpc) is 2.50. The van der Waals surface area contributed by atoms with E-state index in [0.29, 0.717) is 11.3 Å². The van der Waals surface area contributed by atoms with E-state index in [1.54, 1.807) is 12.1 Å². The van der Waals surface area contributed by atoms with Gasteiger partial charge in [-0.05, 0) is 44.5 Å². The van der Waals surface area contributed by atoms with Gasteiger partial charge in [-0.2, -0.15) is 0 Å². The lowest BCUT2D eigenvalue weighted by Gasteiger charge is -2.09. The van der Waals surface area contributed by atoms with Crippen molar-refractivity contribution >= 4 is 11.9 Å². The van der Waals surface area contributed by atoms with Gasteiger partial charge < -0.3 is 10.1 Å². The molecular weight excluding hydrogens is 290 g/mol. The number of ether oxygens (including phenoxy) is 1. The molecule has 2 aromatic carbocycles. The summed E-state index contributed by atoms with van der Waals surface area (Å²) >= 11 is 0. The van der Waals surface area contributed by atoms with Gasteiger partial charge in [0.1, 0.15) is 5.75 Å². The Morgan fingerprint density at radius 2 is 1.74 bits per heavy atom. The molecule has 0 bridgehead atoms. The zero-order chi connectivity index (χ0) is 16.8. The van der Waals surface area contributed by atoms with Crippen LogP contribution in [0.4, 0.5) is 0 Å². The highest BCUT2D eigenvalue weighted by atomic mass is 16.5. The summed E-state index contributed by atoms with van der Waals surface area (Å²) in [5, 5.41) is 2.73. The van der Waals surface area contributed by atoms with Crippen molar-refractivity contribution in [2.24, 2.45) is 0 Å². The summed E-state index contributed by atoms with van der Waals surface area (Å²) < 4.78 is 5.32. The monoisotopic (exact) mass is 311 g/mol. The van der Waals surface area contributed by atoms with Crippen molar-refractivity contribution in [2.75, 3.05) is 6.54 Å². The average molecular weight is 311 g/mol. The number of carbonyl (C=O) groups is 2. The summed E-state index contributed by atoms with van der Waals surface area (Å²) in [5.74, 6) is 0.0140. The molecule has 0 fully saturated rings. The number of aryl methyl sites for hydroxylation is 3. The number of carbonyl (C=O) groups excluding carboxylic acids is 2. The second-order valence-corrected chi connectivity index (χ2v) is 5.62. The van der Waals surface area contributed by atoms with Crippen molar-refractivity contribution in [2.45, 2.75) is 27.2 Å². The number of hydrogen-bond donors (Lipinski definition) is 1. The fraction of sp³-hybridized carbons (Fsp3) is 0.263. The van der Waals surface area contributed by atoms with Gasteiger partial charge in [0.25, 0.3) is 5.91 Å². The first kappa shape index (κ1) is 16.7. The molecule has 4 heteroatoms. The molecule has 1 N–H and O–H groups in total. The molecule has 2 rings (SSSR count). The summed E-state index contributed by atoms with van der Waals surface area (Å²) in [6.07, 6.45) is 0.130. The van der Waals surface area contributed by atoms with Gasteiger partial charge >= 0.3 is 5.97 Å². The zero-order valence-electron chi connectivity index (χ0n) is 13.7. The van der Waals surface area contributed by atoms with Gasteiger partial charge in [-0.1, -0.05) is 35.4 Å². The van der Waals surface area contributed by atoms with Crippen LogP contribution >= 0.6 is 0 Å². The quantitative estimate of drug-likeness (QED) is 0.680. The van der Waals surface area contributed by atoms with Gasteiger partial charge in [0.2, 0.25) is 0 Å². The van der Waals surface area contributed by atoms with E-state index in [2.05, 4.69) is 5.32 Å². The number of nitrogens with one attached hydrogen (secondary N) is 1. The molecule has 0 atom stereocenters. The van der Waals surface area contributed by atoms with Crippen LogP contribution < -0.4 is 10.1 Å². The SMILES string of the molecule is Cc1cccc(C(=O)NCCC(=O)Oc2ccc(C)cc2C)c1. The molecule has 1 amide bonds. The lowest BCUT2D eigenvalue weighted by molar-refractivity contribution is -0.134. The fourth-order valence-electron chi connectivity index (χ4n) is 2.25. The summed E-state index contributed by atoms with van der Waals surface area (Å²) in [4.78, 5) is 23.8. The Hall–Kier alpha value is -2.62.